The molecule has 0 aliphatic carbocycles. The summed E-state index contributed by atoms with van der Waals surface area (Å²) >= 11 is 5.99. The van der Waals surface area contributed by atoms with Crippen LogP contribution in [0.4, 0.5) is 0 Å². The van der Waals surface area contributed by atoms with E-state index >= 15 is 0 Å². The zero-order valence-corrected chi connectivity index (χ0v) is 19.3. The van der Waals surface area contributed by atoms with E-state index in [2.05, 4.69) is 5.32 Å². The number of amides is 2. The van der Waals surface area contributed by atoms with Gasteiger partial charge in [0.25, 0.3) is 5.91 Å². The Morgan fingerprint density at radius 3 is 2.45 bits per heavy atom. The molecular weight excluding hydrogens is 416 g/mol. The number of nitrogens with zero attached hydrogens (tertiary/aromatic N) is 1. The molecule has 0 radical (unpaired) electrons. The Bertz CT molecular complexity index is 872. The zero-order valence-electron chi connectivity index (χ0n) is 18.6. The maximum atomic E-state index is 13.2. The van der Waals surface area contributed by atoms with E-state index in [1.54, 1.807) is 36.3 Å². The molecule has 2 rings (SSSR count). The molecule has 0 aromatic heterocycles. The molecule has 0 fully saturated rings. The predicted octanol–water partition coefficient (Wildman–Crippen LogP) is 4.31. The quantitative estimate of drug-likeness (QED) is 0.558. The van der Waals surface area contributed by atoms with Gasteiger partial charge in [-0.2, -0.15) is 0 Å². The lowest BCUT2D eigenvalue weighted by atomic mass is 10.1. The van der Waals surface area contributed by atoms with Crippen LogP contribution in [0.25, 0.3) is 0 Å². The van der Waals surface area contributed by atoms with Gasteiger partial charge in [0.15, 0.2) is 6.61 Å². The molecule has 2 aromatic rings. The third-order valence-electron chi connectivity index (χ3n) is 4.72. The number of carbonyl (C=O) groups is 2. The first kappa shape index (κ1) is 24.5. The summed E-state index contributed by atoms with van der Waals surface area (Å²) in [4.78, 5) is 27.6. The molecule has 0 spiro atoms. The monoisotopic (exact) mass is 446 g/mol. The Balaban J connectivity index is 2.21. The van der Waals surface area contributed by atoms with Crippen LogP contribution in [0.2, 0.25) is 5.02 Å². The second-order valence-corrected chi connectivity index (χ2v) is 8.12. The SMILES string of the molecule is CCC(C(=O)NCC(C)C)N(Cc1cccc(OC)c1)C(=O)COc1cccc(Cl)c1. The number of hydrogen-bond donors (Lipinski definition) is 1. The van der Waals surface area contributed by atoms with Gasteiger partial charge in [-0.3, -0.25) is 9.59 Å². The molecule has 0 aliphatic rings. The number of halogens is 1. The number of rotatable bonds is 11. The molecule has 168 valence electrons. The topological polar surface area (TPSA) is 67.9 Å². The minimum Gasteiger partial charge on any atom is -0.497 e. The van der Waals surface area contributed by atoms with E-state index in [9.17, 15) is 9.59 Å². The summed E-state index contributed by atoms with van der Waals surface area (Å²) in [6, 6.07) is 13.7. The van der Waals surface area contributed by atoms with Gasteiger partial charge in [0.05, 0.1) is 7.11 Å². The second kappa shape index (κ2) is 12.2. The maximum Gasteiger partial charge on any atom is 0.261 e. The zero-order chi connectivity index (χ0) is 22.8. The van der Waals surface area contributed by atoms with Gasteiger partial charge in [-0.25, -0.2) is 0 Å². The molecule has 2 aromatic carbocycles. The molecule has 1 N–H and O–H groups in total. The summed E-state index contributed by atoms with van der Waals surface area (Å²) in [6.07, 6.45) is 0.483. The van der Waals surface area contributed by atoms with Crippen LogP contribution in [-0.4, -0.2) is 43.0 Å². The van der Waals surface area contributed by atoms with Gasteiger partial charge >= 0.3 is 0 Å². The minimum atomic E-state index is -0.611. The Morgan fingerprint density at radius 1 is 1.10 bits per heavy atom. The van der Waals surface area contributed by atoms with Crippen LogP contribution < -0.4 is 14.8 Å². The van der Waals surface area contributed by atoms with Crippen molar-refractivity contribution in [3.63, 3.8) is 0 Å². The van der Waals surface area contributed by atoms with Crippen LogP contribution in [0.3, 0.4) is 0 Å². The molecular formula is C24H31ClN2O4. The summed E-state index contributed by atoms with van der Waals surface area (Å²) in [6.45, 7) is 6.57. The van der Waals surface area contributed by atoms with E-state index in [0.29, 0.717) is 35.4 Å². The molecule has 1 unspecified atom stereocenters. The lowest BCUT2D eigenvalue weighted by molar-refractivity contribution is -0.143. The van der Waals surface area contributed by atoms with Crippen LogP contribution in [0.5, 0.6) is 11.5 Å². The average Bonchev–Trinajstić information content (AvgIpc) is 2.76. The Kier molecular flexibility index (Phi) is 9.66. The van der Waals surface area contributed by atoms with Crippen molar-refractivity contribution in [1.29, 1.82) is 0 Å². The van der Waals surface area contributed by atoms with Crippen molar-refractivity contribution in [3.8, 4) is 11.5 Å². The van der Waals surface area contributed by atoms with Crippen molar-refractivity contribution in [2.45, 2.75) is 39.8 Å². The van der Waals surface area contributed by atoms with Gasteiger partial charge < -0.3 is 19.7 Å². The summed E-state index contributed by atoms with van der Waals surface area (Å²) in [5.41, 5.74) is 0.866. The van der Waals surface area contributed by atoms with E-state index in [1.165, 1.54) is 0 Å². The standard InChI is InChI=1S/C24H31ClN2O4/c1-5-22(24(29)26-14-17(2)3)27(15-18-8-6-10-20(12-18)30-4)23(28)16-31-21-11-7-9-19(25)13-21/h6-13,17,22H,5,14-16H2,1-4H3,(H,26,29). The van der Waals surface area contributed by atoms with Gasteiger partial charge in [-0.05, 0) is 48.2 Å². The largest absolute Gasteiger partial charge is 0.497 e. The first-order valence-corrected chi connectivity index (χ1v) is 10.8. The highest BCUT2D eigenvalue weighted by Crippen LogP contribution is 2.19. The molecule has 6 nitrogen and oxygen atoms in total. The minimum absolute atomic E-state index is 0.171. The number of benzene rings is 2. The van der Waals surface area contributed by atoms with Gasteiger partial charge in [-0.1, -0.05) is 50.6 Å². The Morgan fingerprint density at radius 2 is 1.81 bits per heavy atom. The van der Waals surface area contributed by atoms with Crippen LogP contribution in [0, 0.1) is 5.92 Å². The van der Waals surface area contributed by atoms with Crippen molar-refractivity contribution in [2.24, 2.45) is 5.92 Å². The maximum absolute atomic E-state index is 13.2. The summed E-state index contributed by atoms with van der Waals surface area (Å²) in [5.74, 6) is 1.05. The van der Waals surface area contributed by atoms with Crippen LogP contribution >= 0.6 is 11.6 Å². The fourth-order valence-corrected chi connectivity index (χ4v) is 3.27. The number of carbonyl (C=O) groups excluding carboxylic acids is 2. The molecule has 0 bridgehead atoms. The summed E-state index contributed by atoms with van der Waals surface area (Å²) in [7, 11) is 1.59. The van der Waals surface area contributed by atoms with Crippen LogP contribution in [-0.2, 0) is 16.1 Å². The fourth-order valence-electron chi connectivity index (χ4n) is 3.09. The van der Waals surface area contributed by atoms with Gasteiger partial charge in [0, 0.05) is 18.1 Å². The highest BCUT2D eigenvalue weighted by molar-refractivity contribution is 6.30. The normalized spacial score (nSPS) is 11.7. The lowest BCUT2D eigenvalue weighted by Crippen LogP contribution is -2.50. The van der Waals surface area contributed by atoms with E-state index in [4.69, 9.17) is 21.1 Å². The molecule has 0 heterocycles. The second-order valence-electron chi connectivity index (χ2n) is 7.68. The van der Waals surface area contributed by atoms with E-state index in [-0.39, 0.29) is 25.0 Å². The van der Waals surface area contributed by atoms with Gasteiger partial charge in [0.2, 0.25) is 5.91 Å². The molecule has 0 saturated carbocycles. The number of nitrogens with one attached hydrogen (secondary N) is 1. The van der Waals surface area contributed by atoms with Crippen molar-refractivity contribution in [1.82, 2.24) is 10.2 Å². The number of methoxy groups -OCH3 is 1. The third-order valence-corrected chi connectivity index (χ3v) is 4.95. The third kappa shape index (κ3) is 7.79. The van der Waals surface area contributed by atoms with E-state index in [0.717, 1.165) is 5.56 Å². The number of hydrogen-bond acceptors (Lipinski definition) is 4. The Hall–Kier alpha value is -2.73. The highest BCUT2D eigenvalue weighted by atomic mass is 35.5. The molecule has 0 aliphatic heterocycles. The molecule has 31 heavy (non-hydrogen) atoms. The van der Waals surface area contributed by atoms with E-state index < -0.39 is 6.04 Å². The first-order chi connectivity index (χ1) is 14.8. The molecule has 1 atom stereocenters. The van der Waals surface area contributed by atoms with Gasteiger partial charge in [-0.15, -0.1) is 0 Å². The van der Waals surface area contributed by atoms with Crippen molar-refractivity contribution < 1.29 is 19.1 Å². The molecule has 0 saturated heterocycles. The van der Waals surface area contributed by atoms with Gasteiger partial charge in [0.1, 0.15) is 17.5 Å². The lowest BCUT2D eigenvalue weighted by Gasteiger charge is -2.31. The van der Waals surface area contributed by atoms with Crippen molar-refractivity contribution >= 4 is 23.4 Å². The van der Waals surface area contributed by atoms with E-state index in [1.807, 2.05) is 45.0 Å². The molecule has 7 heteroatoms. The highest BCUT2D eigenvalue weighted by Gasteiger charge is 2.29. The molecule has 2 amide bonds. The Labute approximate surface area is 189 Å². The fraction of sp³-hybridized carbons (Fsp3) is 0.417. The first-order valence-electron chi connectivity index (χ1n) is 10.4. The number of ether oxygens (including phenoxy) is 2. The van der Waals surface area contributed by atoms with Crippen molar-refractivity contribution in [3.05, 3.63) is 59.1 Å². The van der Waals surface area contributed by atoms with Crippen LogP contribution in [0.15, 0.2) is 48.5 Å². The van der Waals surface area contributed by atoms with Crippen molar-refractivity contribution in [2.75, 3.05) is 20.3 Å². The predicted molar refractivity (Wildman–Crippen MR) is 122 cm³/mol. The summed E-state index contributed by atoms with van der Waals surface area (Å²) < 4.78 is 10.9. The summed E-state index contributed by atoms with van der Waals surface area (Å²) in [5, 5.41) is 3.47. The average molecular weight is 447 g/mol. The smallest absolute Gasteiger partial charge is 0.261 e. The van der Waals surface area contributed by atoms with Crippen LogP contribution in [0.1, 0.15) is 32.8 Å².